The van der Waals surface area contributed by atoms with E-state index in [1.807, 2.05) is 0 Å². The Balaban J connectivity index is 1.17. The van der Waals surface area contributed by atoms with Gasteiger partial charge in [-0.1, -0.05) is 140 Å². The number of fused-ring (bicyclic) bond motifs is 9. The molecule has 52 heavy (non-hydrogen) atoms. The van der Waals surface area contributed by atoms with Gasteiger partial charge in [-0.15, -0.1) is 11.3 Å². The quantitative estimate of drug-likeness (QED) is 0.185. The van der Waals surface area contributed by atoms with E-state index in [2.05, 4.69) is 164 Å². The molecule has 0 aliphatic carbocycles. The molecule has 242 valence electrons. The monoisotopic (exact) mass is 681 g/mol. The molecule has 0 radical (unpaired) electrons. The smallest absolute Gasteiger partial charge is 0.167 e. The number of benzene rings is 8. The van der Waals surface area contributed by atoms with Crippen LogP contribution in [0.3, 0.4) is 0 Å². The zero-order valence-corrected chi connectivity index (χ0v) is 28.6. The summed E-state index contributed by atoms with van der Waals surface area (Å²) in [6.07, 6.45) is 0. The predicted octanol–water partition coefficient (Wildman–Crippen LogP) is 13.1. The Morgan fingerprint density at radius 3 is 1.81 bits per heavy atom. The van der Waals surface area contributed by atoms with Crippen LogP contribution in [0.25, 0.3) is 109 Å². The number of para-hydroxylation sites is 1. The summed E-state index contributed by atoms with van der Waals surface area (Å²) in [6.45, 7) is 0. The van der Waals surface area contributed by atoms with Crippen molar-refractivity contribution in [1.29, 1.82) is 0 Å². The van der Waals surface area contributed by atoms with Crippen LogP contribution in [0.1, 0.15) is 0 Å². The molecule has 0 bridgehead atoms. The highest BCUT2D eigenvalue weighted by Crippen LogP contribution is 2.41. The molecule has 0 N–H and O–H groups in total. The molecular weight excluding hydrogens is 655 g/mol. The third kappa shape index (κ3) is 4.50. The van der Waals surface area contributed by atoms with Crippen molar-refractivity contribution in [2.24, 2.45) is 0 Å². The fourth-order valence-corrected chi connectivity index (χ4v) is 8.83. The number of thiophene rings is 1. The summed E-state index contributed by atoms with van der Waals surface area (Å²) in [5.74, 6) is 1.81. The third-order valence-corrected chi connectivity index (χ3v) is 11.3. The van der Waals surface area contributed by atoms with Gasteiger partial charge in [0.05, 0.1) is 5.56 Å². The van der Waals surface area contributed by atoms with Gasteiger partial charge < -0.3 is 4.42 Å². The lowest BCUT2D eigenvalue weighted by atomic mass is 9.95. The average molecular weight is 682 g/mol. The summed E-state index contributed by atoms with van der Waals surface area (Å²) in [5, 5.41) is 9.06. The van der Waals surface area contributed by atoms with Crippen LogP contribution in [0.4, 0.5) is 0 Å². The summed E-state index contributed by atoms with van der Waals surface area (Å²) in [7, 11) is 0. The van der Waals surface area contributed by atoms with Gasteiger partial charge in [-0.2, -0.15) is 0 Å². The second-order valence-corrected chi connectivity index (χ2v) is 14.2. The Hall–Kier alpha value is -6.69. The normalized spacial score (nSPS) is 11.8. The molecule has 0 amide bonds. The number of rotatable bonds is 4. The first kappa shape index (κ1) is 29.1. The maximum atomic E-state index is 6.77. The molecule has 3 heterocycles. The van der Waals surface area contributed by atoms with Crippen LogP contribution >= 0.6 is 11.3 Å². The second kappa shape index (κ2) is 11.4. The molecular formula is C47H27N3OS. The van der Waals surface area contributed by atoms with Gasteiger partial charge in [0.25, 0.3) is 0 Å². The van der Waals surface area contributed by atoms with Crippen molar-refractivity contribution >= 4 is 75.0 Å². The molecule has 0 spiro atoms. The first-order chi connectivity index (χ1) is 25.8. The van der Waals surface area contributed by atoms with Crippen LogP contribution in [0, 0.1) is 0 Å². The number of aromatic nitrogens is 3. The minimum atomic E-state index is 0.571. The van der Waals surface area contributed by atoms with Gasteiger partial charge in [-0.3, -0.25) is 0 Å². The Labute approximate surface area is 302 Å². The number of hydrogen-bond donors (Lipinski definition) is 0. The third-order valence-electron chi connectivity index (χ3n) is 10.1. The van der Waals surface area contributed by atoms with Gasteiger partial charge in [0, 0.05) is 47.5 Å². The van der Waals surface area contributed by atoms with E-state index in [0.29, 0.717) is 17.5 Å². The maximum absolute atomic E-state index is 6.77. The molecule has 8 aromatic carbocycles. The molecule has 4 nitrogen and oxygen atoms in total. The van der Waals surface area contributed by atoms with E-state index in [9.17, 15) is 0 Å². The first-order valence-corrected chi connectivity index (χ1v) is 18.2. The average Bonchev–Trinajstić information content (AvgIpc) is 3.79. The molecule has 3 aromatic heterocycles. The number of hydrogen-bond acceptors (Lipinski definition) is 5. The molecule has 11 rings (SSSR count). The highest BCUT2D eigenvalue weighted by atomic mass is 32.1. The fraction of sp³-hybridized carbons (Fsp3) is 0. The SMILES string of the molecule is c1ccc(-c2cccc3c(-c4nc(-c5ccc6c(c5)sc5ccccc56)nc(-c5cccc6c5oc5c7ccccc7ccc65)n4)cccc23)cc1. The second-order valence-electron chi connectivity index (χ2n) is 13.1. The molecule has 0 saturated carbocycles. The highest BCUT2D eigenvalue weighted by Gasteiger charge is 2.20. The Kier molecular flexibility index (Phi) is 6.39. The number of furan rings is 1. The van der Waals surface area contributed by atoms with E-state index in [1.54, 1.807) is 11.3 Å². The van der Waals surface area contributed by atoms with Crippen LogP contribution < -0.4 is 0 Å². The van der Waals surface area contributed by atoms with Crippen molar-refractivity contribution in [3.05, 3.63) is 164 Å². The van der Waals surface area contributed by atoms with E-state index in [0.717, 1.165) is 60.2 Å². The van der Waals surface area contributed by atoms with Crippen molar-refractivity contribution < 1.29 is 4.42 Å². The summed E-state index contributed by atoms with van der Waals surface area (Å²) in [4.78, 5) is 15.7. The van der Waals surface area contributed by atoms with Gasteiger partial charge in [-0.25, -0.2) is 15.0 Å². The lowest BCUT2D eigenvalue weighted by Gasteiger charge is -2.12. The molecule has 11 aromatic rings. The Bertz CT molecular complexity index is 3200. The number of nitrogens with zero attached hydrogens (tertiary/aromatic N) is 3. The van der Waals surface area contributed by atoms with Crippen molar-refractivity contribution in [2.45, 2.75) is 0 Å². The Morgan fingerprint density at radius 2 is 0.942 bits per heavy atom. The van der Waals surface area contributed by atoms with Gasteiger partial charge in [0.1, 0.15) is 11.2 Å². The van der Waals surface area contributed by atoms with E-state index in [4.69, 9.17) is 19.4 Å². The molecule has 0 aliphatic rings. The summed E-state index contributed by atoms with van der Waals surface area (Å²) < 4.78 is 9.23. The zero-order chi connectivity index (χ0) is 34.2. The van der Waals surface area contributed by atoms with Crippen molar-refractivity contribution in [2.75, 3.05) is 0 Å². The largest absolute Gasteiger partial charge is 0.455 e. The standard InChI is InChI=1S/C47H27N3OS/c1-2-11-28(12-3-1)31-16-8-18-34-33(31)17-9-20-39(34)46-48-45(30-24-25-36-35-15-6-7-22-41(35)52-42(36)27-30)49-47(50-46)40-21-10-19-37-38-26-23-29-13-4-5-14-32(29)43(38)51-44(37)40/h1-27H. The summed E-state index contributed by atoms with van der Waals surface area (Å²) in [5.41, 5.74) is 6.69. The van der Waals surface area contributed by atoms with Crippen LogP contribution in [-0.4, -0.2) is 15.0 Å². The van der Waals surface area contributed by atoms with Crippen LogP contribution in [-0.2, 0) is 0 Å². The minimum absolute atomic E-state index is 0.571. The predicted molar refractivity (Wildman–Crippen MR) is 217 cm³/mol. The van der Waals surface area contributed by atoms with Crippen molar-refractivity contribution in [3.63, 3.8) is 0 Å². The van der Waals surface area contributed by atoms with E-state index in [-0.39, 0.29) is 0 Å². The van der Waals surface area contributed by atoms with E-state index >= 15 is 0 Å². The Morgan fingerprint density at radius 1 is 0.346 bits per heavy atom. The fourth-order valence-electron chi connectivity index (χ4n) is 7.69. The van der Waals surface area contributed by atoms with Gasteiger partial charge >= 0.3 is 0 Å². The van der Waals surface area contributed by atoms with Crippen LogP contribution in [0.2, 0.25) is 0 Å². The van der Waals surface area contributed by atoms with Crippen molar-refractivity contribution in [3.8, 4) is 45.3 Å². The maximum Gasteiger partial charge on any atom is 0.167 e. The van der Waals surface area contributed by atoms with E-state index in [1.165, 1.54) is 31.3 Å². The van der Waals surface area contributed by atoms with E-state index < -0.39 is 0 Å². The van der Waals surface area contributed by atoms with Crippen LogP contribution in [0.5, 0.6) is 0 Å². The molecule has 0 aliphatic heterocycles. The first-order valence-electron chi connectivity index (χ1n) is 17.4. The van der Waals surface area contributed by atoms with Gasteiger partial charge in [0.2, 0.25) is 0 Å². The summed E-state index contributed by atoms with van der Waals surface area (Å²) >= 11 is 1.79. The van der Waals surface area contributed by atoms with Gasteiger partial charge in [0.15, 0.2) is 17.5 Å². The molecule has 0 unspecified atom stereocenters. The molecule has 5 heteroatoms. The van der Waals surface area contributed by atoms with Gasteiger partial charge in [-0.05, 0) is 51.6 Å². The lowest BCUT2D eigenvalue weighted by molar-refractivity contribution is 0.673. The molecule has 0 fully saturated rings. The van der Waals surface area contributed by atoms with Crippen LogP contribution in [0.15, 0.2) is 168 Å². The van der Waals surface area contributed by atoms with Crippen molar-refractivity contribution in [1.82, 2.24) is 15.0 Å². The zero-order valence-electron chi connectivity index (χ0n) is 27.7. The molecule has 0 atom stereocenters. The minimum Gasteiger partial charge on any atom is -0.455 e. The highest BCUT2D eigenvalue weighted by molar-refractivity contribution is 7.25. The molecule has 0 saturated heterocycles. The lowest BCUT2D eigenvalue weighted by Crippen LogP contribution is -2.01. The summed E-state index contributed by atoms with van der Waals surface area (Å²) in [6, 6.07) is 57.4. The topological polar surface area (TPSA) is 51.8 Å².